The molecule has 2 unspecified atom stereocenters. The first-order valence-electron chi connectivity index (χ1n) is 7.62. The van der Waals surface area contributed by atoms with E-state index in [1.54, 1.807) is 4.90 Å². The van der Waals surface area contributed by atoms with Crippen LogP contribution in [0.25, 0.3) is 0 Å². The number of nitrogens with zero attached hydrogens (tertiary/aromatic N) is 1. The maximum Gasteiger partial charge on any atom is 0.229 e. The van der Waals surface area contributed by atoms with Crippen molar-refractivity contribution in [2.24, 2.45) is 11.7 Å². The molecule has 1 saturated carbocycles. The molecule has 0 radical (unpaired) electrons. The van der Waals surface area contributed by atoms with E-state index in [1.807, 2.05) is 19.2 Å². The van der Waals surface area contributed by atoms with Crippen LogP contribution in [0.1, 0.15) is 51.0 Å². The second-order valence-electron chi connectivity index (χ2n) is 6.27. The summed E-state index contributed by atoms with van der Waals surface area (Å²) in [5.74, 6) is 0.812. The van der Waals surface area contributed by atoms with Crippen LogP contribution in [0.15, 0.2) is 24.3 Å². The molecule has 1 aliphatic carbocycles. The summed E-state index contributed by atoms with van der Waals surface area (Å²) in [5, 5.41) is 0. The van der Waals surface area contributed by atoms with Crippen molar-refractivity contribution in [3.05, 3.63) is 29.8 Å². The number of carbonyl (C=O) groups is 1. The third kappa shape index (κ3) is 4.45. The molecule has 118 valence electrons. The molecule has 1 fully saturated rings. The van der Waals surface area contributed by atoms with E-state index in [0.29, 0.717) is 5.92 Å². The lowest BCUT2D eigenvalue weighted by Gasteiger charge is -2.29. The van der Waals surface area contributed by atoms with Crippen molar-refractivity contribution in [3.63, 3.8) is 0 Å². The molecule has 2 atom stereocenters. The van der Waals surface area contributed by atoms with Crippen molar-refractivity contribution >= 4 is 24.0 Å². The Morgan fingerprint density at radius 1 is 1.24 bits per heavy atom. The topological polar surface area (TPSA) is 46.3 Å². The summed E-state index contributed by atoms with van der Waals surface area (Å²) >= 11 is 0. The molecule has 0 aromatic heterocycles. The number of carbonyl (C=O) groups excluding carboxylic acids is 1. The predicted molar refractivity (Wildman–Crippen MR) is 91.1 cm³/mol. The highest BCUT2D eigenvalue weighted by molar-refractivity contribution is 5.94. The van der Waals surface area contributed by atoms with Gasteiger partial charge in [0.1, 0.15) is 0 Å². The van der Waals surface area contributed by atoms with Gasteiger partial charge in [-0.3, -0.25) is 4.79 Å². The lowest BCUT2D eigenvalue weighted by molar-refractivity contribution is -0.123. The minimum Gasteiger partial charge on any atom is -0.328 e. The highest BCUT2D eigenvalue weighted by atomic mass is 35.5. The zero-order valence-corrected chi connectivity index (χ0v) is 14.0. The molecule has 0 aliphatic heterocycles. The van der Waals surface area contributed by atoms with Crippen LogP contribution < -0.4 is 10.6 Å². The van der Waals surface area contributed by atoms with Crippen LogP contribution in [0.4, 0.5) is 5.69 Å². The maximum absolute atomic E-state index is 12.5. The zero-order chi connectivity index (χ0) is 14.7. The Labute approximate surface area is 134 Å². The molecule has 0 heterocycles. The van der Waals surface area contributed by atoms with Crippen LogP contribution in [0, 0.1) is 5.92 Å². The summed E-state index contributed by atoms with van der Waals surface area (Å²) < 4.78 is 0. The Kier molecular flexibility index (Phi) is 6.69. The number of anilines is 1. The molecule has 0 bridgehead atoms. The van der Waals surface area contributed by atoms with E-state index in [-0.39, 0.29) is 30.3 Å². The van der Waals surface area contributed by atoms with Gasteiger partial charge in [-0.05, 0) is 42.9 Å². The first-order valence-corrected chi connectivity index (χ1v) is 7.62. The fourth-order valence-electron chi connectivity index (χ4n) is 2.94. The van der Waals surface area contributed by atoms with E-state index < -0.39 is 0 Å². The van der Waals surface area contributed by atoms with E-state index in [2.05, 4.69) is 26.0 Å². The van der Waals surface area contributed by atoms with Gasteiger partial charge in [0.2, 0.25) is 5.91 Å². The number of nitrogens with two attached hydrogens (primary N) is 1. The first kappa shape index (κ1) is 18.0. The van der Waals surface area contributed by atoms with Crippen LogP contribution in [-0.4, -0.2) is 19.0 Å². The van der Waals surface area contributed by atoms with Gasteiger partial charge in [-0.2, -0.15) is 0 Å². The fourth-order valence-corrected chi connectivity index (χ4v) is 2.94. The quantitative estimate of drug-likeness (QED) is 0.925. The molecule has 2 rings (SSSR count). The number of hydrogen-bond donors (Lipinski definition) is 1. The largest absolute Gasteiger partial charge is 0.328 e. The third-order valence-corrected chi connectivity index (χ3v) is 4.34. The van der Waals surface area contributed by atoms with Gasteiger partial charge in [0.15, 0.2) is 0 Å². The molecule has 0 saturated heterocycles. The maximum atomic E-state index is 12.5. The van der Waals surface area contributed by atoms with Crippen LogP contribution >= 0.6 is 12.4 Å². The van der Waals surface area contributed by atoms with Crippen molar-refractivity contribution in [2.45, 2.75) is 51.5 Å². The molecule has 2 N–H and O–H groups in total. The summed E-state index contributed by atoms with van der Waals surface area (Å²) in [7, 11) is 1.87. The summed E-state index contributed by atoms with van der Waals surface area (Å²) in [6.45, 7) is 4.35. The summed E-state index contributed by atoms with van der Waals surface area (Å²) in [6.07, 6.45) is 3.92. The molecular weight excluding hydrogens is 284 g/mol. The van der Waals surface area contributed by atoms with Gasteiger partial charge in [-0.1, -0.05) is 32.4 Å². The number of amides is 1. The van der Waals surface area contributed by atoms with E-state index in [1.165, 1.54) is 5.56 Å². The normalized spacial score (nSPS) is 21.8. The molecule has 4 heteroatoms. The number of hydrogen-bond acceptors (Lipinski definition) is 2. The highest BCUT2D eigenvalue weighted by Crippen LogP contribution is 2.27. The summed E-state index contributed by atoms with van der Waals surface area (Å²) in [6, 6.07) is 8.48. The zero-order valence-electron chi connectivity index (χ0n) is 13.2. The van der Waals surface area contributed by atoms with Gasteiger partial charge >= 0.3 is 0 Å². The smallest absolute Gasteiger partial charge is 0.229 e. The molecular formula is C17H27ClN2O. The van der Waals surface area contributed by atoms with Crippen molar-refractivity contribution in [3.8, 4) is 0 Å². The van der Waals surface area contributed by atoms with E-state index >= 15 is 0 Å². The average Bonchev–Trinajstić information content (AvgIpc) is 2.46. The molecule has 21 heavy (non-hydrogen) atoms. The lowest BCUT2D eigenvalue weighted by atomic mass is 9.85. The van der Waals surface area contributed by atoms with Gasteiger partial charge in [-0.25, -0.2) is 0 Å². The lowest BCUT2D eigenvalue weighted by Crippen LogP contribution is -2.38. The van der Waals surface area contributed by atoms with Crippen molar-refractivity contribution in [1.82, 2.24) is 0 Å². The third-order valence-electron chi connectivity index (χ3n) is 4.34. The van der Waals surface area contributed by atoms with Crippen LogP contribution in [0.5, 0.6) is 0 Å². The summed E-state index contributed by atoms with van der Waals surface area (Å²) in [4.78, 5) is 14.3. The second kappa shape index (κ2) is 7.81. The van der Waals surface area contributed by atoms with Gasteiger partial charge in [0.05, 0.1) is 0 Å². The monoisotopic (exact) mass is 310 g/mol. The van der Waals surface area contributed by atoms with E-state index in [9.17, 15) is 4.79 Å². The van der Waals surface area contributed by atoms with Crippen molar-refractivity contribution in [2.75, 3.05) is 11.9 Å². The van der Waals surface area contributed by atoms with Crippen LogP contribution in [-0.2, 0) is 4.79 Å². The van der Waals surface area contributed by atoms with Gasteiger partial charge in [0.25, 0.3) is 0 Å². The SMILES string of the molecule is CC(C)c1ccc(N(C)C(=O)C2CCCC(N)C2)cc1.Cl. The Bertz CT molecular complexity index is 458. The minimum atomic E-state index is 0. The molecule has 3 nitrogen and oxygen atoms in total. The molecule has 1 aromatic carbocycles. The molecule has 1 aliphatic rings. The van der Waals surface area contributed by atoms with Gasteiger partial charge in [0, 0.05) is 24.7 Å². The van der Waals surface area contributed by atoms with Crippen LogP contribution in [0.3, 0.4) is 0 Å². The Balaban J connectivity index is 0.00000220. The molecule has 0 spiro atoms. The Hall–Kier alpha value is -1.06. The number of rotatable bonds is 3. The van der Waals surface area contributed by atoms with E-state index in [0.717, 1.165) is 31.4 Å². The van der Waals surface area contributed by atoms with E-state index in [4.69, 9.17) is 5.73 Å². The second-order valence-corrected chi connectivity index (χ2v) is 6.27. The number of benzene rings is 1. The standard InChI is InChI=1S/C17H26N2O.ClH/c1-12(2)13-7-9-16(10-8-13)19(3)17(20)14-5-4-6-15(18)11-14;/h7-10,12,14-15H,4-6,11,18H2,1-3H3;1H. The van der Waals surface area contributed by atoms with Crippen LogP contribution in [0.2, 0.25) is 0 Å². The van der Waals surface area contributed by atoms with Gasteiger partial charge < -0.3 is 10.6 Å². The average molecular weight is 311 g/mol. The Morgan fingerprint density at radius 3 is 2.38 bits per heavy atom. The fraction of sp³-hybridized carbons (Fsp3) is 0.588. The summed E-state index contributed by atoms with van der Waals surface area (Å²) in [5.41, 5.74) is 8.26. The van der Waals surface area contributed by atoms with Crippen molar-refractivity contribution < 1.29 is 4.79 Å². The van der Waals surface area contributed by atoms with Gasteiger partial charge in [-0.15, -0.1) is 12.4 Å². The minimum absolute atomic E-state index is 0. The highest BCUT2D eigenvalue weighted by Gasteiger charge is 2.28. The molecule has 1 aromatic rings. The Morgan fingerprint density at radius 2 is 1.86 bits per heavy atom. The molecule has 1 amide bonds. The van der Waals surface area contributed by atoms with Crippen molar-refractivity contribution in [1.29, 1.82) is 0 Å². The number of halogens is 1. The predicted octanol–water partition coefficient (Wildman–Crippen LogP) is 3.71. The first-order chi connectivity index (χ1) is 9.49.